The largest absolute Gasteiger partial charge is 0.464 e. The fraction of sp³-hybridized carbons (Fsp3) is 0.500. The van der Waals surface area contributed by atoms with Gasteiger partial charge in [0.05, 0.1) is 36.9 Å². The van der Waals surface area contributed by atoms with Crippen LogP contribution in [-0.2, 0) is 27.4 Å². The van der Waals surface area contributed by atoms with Crippen molar-refractivity contribution >= 4 is 22.8 Å². The first-order valence-corrected chi connectivity index (χ1v) is 15.2. The summed E-state index contributed by atoms with van der Waals surface area (Å²) >= 11 is 0. The number of ether oxygens (including phenoxy) is 1. The summed E-state index contributed by atoms with van der Waals surface area (Å²) in [6, 6.07) is 12.8. The number of halogens is 1. The lowest BCUT2D eigenvalue weighted by Crippen LogP contribution is -2.44. The van der Waals surface area contributed by atoms with Crippen LogP contribution in [0.25, 0.3) is 11.0 Å². The highest BCUT2D eigenvalue weighted by Gasteiger charge is 2.23. The lowest BCUT2D eigenvalue weighted by atomic mass is 10.1. The lowest BCUT2D eigenvalue weighted by molar-refractivity contribution is -0.141. The molecule has 0 atom stereocenters. The van der Waals surface area contributed by atoms with E-state index in [0.29, 0.717) is 41.7 Å². The lowest BCUT2D eigenvalue weighted by Gasteiger charge is -2.28. The molecular weight excluding hydrogens is 535 g/mol. The number of carbonyl (C=O) groups excluding carboxylic acids is 2. The number of methoxy groups -OCH3 is 1. The van der Waals surface area contributed by atoms with Gasteiger partial charge in [-0.25, -0.2) is 4.39 Å². The van der Waals surface area contributed by atoms with Crippen molar-refractivity contribution in [1.29, 1.82) is 0 Å². The summed E-state index contributed by atoms with van der Waals surface area (Å²) in [5.41, 5.74) is 1.29. The number of hydrogen-bond donors (Lipinski definition) is 0. The second-order valence-electron chi connectivity index (χ2n) is 10.8. The number of benzene rings is 2. The van der Waals surface area contributed by atoms with Gasteiger partial charge in [0.25, 0.3) is 0 Å². The van der Waals surface area contributed by atoms with Gasteiger partial charge in [0.2, 0.25) is 11.8 Å². The predicted octanol–water partition coefficient (Wildman–Crippen LogP) is 6.86. The third-order valence-electron chi connectivity index (χ3n) is 7.49. The molecule has 0 bridgehead atoms. The number of fused-ring (bicyclic) bond motifs is 1. The van der Waals surface area contributed by atoms with Crippen LogP contribution in [0.1, 0.15) is 82.3 Å². The van der Waals surface area contributed by atoms with Crippen LogP contribution in [0.4, 0.5) is 4.39 Å². The molecule has 0 aliphatic carbocycles. The molecule has 2 aromatic carbocycles. The summed E-state index contributed by atoms with van der Waals surface area (Å²) in [5.74, 6) is -0.779. The molecule has 1 aromatic heterocycles. The van der Waals surface area contributed by atoms with E-state index in [0.717, 1.165) is 19.3 Å². The molecule has 3 rings (SSSR count). The van der Waals surface area contributed by atoms with Crippen molar-refractivity contribution < 1.29 is 23.1 Å². The summed E-state index contributed by atoms with van der Waals surface area (Å²) in [5, 5.41) is 0.432. The highest BCUT2D eigenvalue weighted by atomic mass is 19.1. The van der Waals surface area contributed by atoms with Crippen molar-refractivity contribution in [2.75, 3.05) is 26.8 Å². The first kappa shape index (κ1) is 33.0. The zero-order valence-corrected chi connectivity index (χ0v) is 25.1. The first-order valence-electron chi connectivity index (χ1n) is 15.2. The van der Waals surface area contributed by atoms with Gasteiger partial charge in [0.15, 0.2) is 5.43 Å². The molecule has 42 heavy (non-hydrogen) atoms. The summed E-state index contributed by atoms with van der Waals surface area (Å²) < 4.78 is 24.4. The van der Waals surface area contributed by atoms with Crippen LogP contribution in [0.3, 0.4) is 0 Å². The molecule has 3 aromatic rings. The van der Waals surface area contributed by atoms with Crippen molar-refractivity contribution in [3.05, 3.63) is 82.0 Å². The average Bonchev–Trinajstić information content (AvgIpc) is 3.00. The third kappa shape index (κ3) is 10.7. The van der Waals surface area contributed by atoms with Gasteiger partial charge in [-0.1, -0.05) is 82.6 Å². The average molecular weight is 581 g/mol. The zero-order chi connectivity index (χ0) is 30.2. The quantitative estimate of drug-likeness (QED) is 0.145. The molecule has 2 amide bonds. The molecule has 0 aliphatic rings. The van der Waals surface area contributed by atoms with Crippen molar-refractivity contribution in [1.82, 2.24) is 9.80 Å². The standard InChI is InChI=1S/C34H45FN2O5/c1-3-4-5-6-7-8-9-10-11-16-32(38)36(21-22-41-2)25-33(39)37(23-27-17-19-29(35)20-18-27)24-28-26-42-31-15-13-12-14-30(31)34(28)40/h12-15,17-20,26H,3-11,16,21-25H2,1-2H3. The monoisotopic (exact) mass is 580 g/mol. The molecule has 7 nitrogen and oxygen atoms in total. The highest BCUT2D eigenvalue weighted by molar-refractivity contribution is 5.85. The van der Waals surface area contributed by atoms with E-state index in [9.17, 15) is 18.8 Å². The van der Waals surface area contributed by atoms with E-state index in [1.54, 1.807) is 43.5 Å². The van der Waals surface area contributed by atoms with E-state index in [1.165, 1.54) is 66.7 Å². The molecule has 8 heteroatoms. The number of carbonyl (C=O) groups is 2. The molecule has 1 heterocycles. The van der Waals surface area contributed by atoms with Gasteiger partial charge < -0.3 is 19.0 Å². The number of unbranched alkanes of at least 4 members (excludes halogenated alkanes) is 8. The topological polar surface area (TPSA) is 80.1 Å². The minimum Gasteiger partial charge on any atom is -0.464 e. The Balaban J connectivity index is 1.67. The van der Waals surface area contributed by atoms with Gasteiger partial charge in [0.1, 0.15) is 11.4 Å². The van der Waals surface area contributed by atoms with E-state index in [1.807, 2.05) is 0 Å². The van der Waals surface area contributed by atoms with Crippen molar-refractivity contribution in [3.8, 4) is 0 Å². The summed E-state index contributed by atoms with van der Waals surface area (Å²) in [4.78, 5) is 43.1. The van der Waals surface area contributed by atoms with Gasteiger partial charge in [-0.15, -0.1) is 0 Å². The molecule has 0 saturated carbocycles. The maximum Gasteiger partial charge on any atom is 0.242 e. The molecule has 0 radical (unpaired) electrons. The second-order valence-corrected chi connectivity index (χ2v) is 10.8. The van der Waals surface area contributed by atoms with Crippen LogP contribution in [0, 0.1) is 5.82 Å². The Bertz CT molecular complexity index is 1310. The van der Waals surface area contributed by atoms with Crippen molar-refractivity contribution in [2.45, 2.75) is 84.2 Å². The zero-order valence-electron chi connectivity index (χ0n) is 25.1. The smallest absolute Gasteiger partial charge is 0.242 e. The molecule has 228 valence electrons. The van der Waals surface area contributed by atoms with Crippen molar-refractivity contribution in [3.63, 3.8) is 0 Å². The third-order valence-corrected chi connectivity index (χ3v) is 7.49. The number of hydrogen-bond acceptors (Lipinski definition) is 5. The molecule has 0 saturated heterocycles. The molecule has 0 fully saturated rings. The molecule has 0 aliphatic heterocycles. The minimum atomic E-state index is -0.375. The summed E-state index contributed by atoms with van der Waals surface area (Å²) in [6.07, 6.45) is 12.2. The number of nitrogens with zero attached hydrogens (tertiary/aromatic N) is 2. The predicted molar refractivity (Wildman–Crippen MR) is 163 cm³/mol. The van der Waals surface area contributed by atoms with Crippen LogP contribution in [-0.4, -0.2) is 48.4 Å². The second kappa shape index (κ2) is 18.1. The Morgan fingerprint density at radius 1 is 0.833 bits per heavy atom. The van der Waals surface area contributed by atoms with Crippen LogP contribution < -0.4 is 5.43 Å². The SMILES string of the molecule is CCCCCCCCCCCC(=O)N(CCOC)CC(=O)N(Cc1ccc(F)cc1)Cc1coc2ccccc2c1=O. The summed E-state index contributed by atoms with van der Waals surface area (Å²) in [7, 11) is 1.56. The summed E-state index contributed by atoms with van der Waals surface area (Å²) in [6.45, 7) is 2.82. The van der Waals surface area contributed by atoms with Gasteiger partial charge in [-0.3, -0.25) is 14.4 Å². The van der Waals surface area contributed by atoms with E-state index in [2.05, 4.69) is 6.92 Å². The van der Waals surface area contributed by atoms with Crippen LogP contribution >= 0.6 is 0 Å². The molecular formula is C34H45FN2O5. The molecule has 0 spiro atoms. The normalized spacial score (nSPS) is 11.1. The number of para-hydroxylation sites is 1. The van der Waals surface area contributed by atoms with Gasteiger partial charge in [0, 0.05) is 26.6 Å². The Labute approximate surface area is 248 Å². The Hall–Kier alpha value is -3.52. The Kier molecular flexibility index (Phi) is 14.2. The fourth-order valence-electron chi connectivity index (χ4n) is 4.98. The van der Waals surface area contributed by atoms with E-state index in [4.69, 9.17) is 9.15 Å². The number of rotatable bonds is 19. The maximum atomic E-state index is 13.7. The van der Waals surface area contributed by atoms with Crippen LogP contribution in [0.2, 0.25) is 0 Å². The number of amides is 2. The first-order chi connectivity index (χ1) is 20.4. The Morgan fingerprint density at radius 3 is 2.19 bits per heavy atom. The minimum absolute atomic E-state index is 0.00601. The van der Waals surface area contributed by atoms with Gasteiger partial charge in [-0.05, 0) is 36.2 Å². The molecule has 0 unspecified atom stereocenters. The highest BCUT2D eigenvalue weighted by Crippen LogP contribution is 2.16. The van der Waals surface area contributed by atoms with Gasteiger partial charge in [-0.2, -0.15) is 0 Å². The van der Waals surface area contributed by atoms with E-state index >= 15 is 0 Å². The van der Waals surface area contributed by atoms with E-state index in [-0.39, 0.29) is 42.7 Å². The van der Waals surface area contributed by atoms with E-state index < -0.39 is 0 Å². The fourth-order valence-corrected chi connectivity index (χ4v) is 4.98. The van der Waals surface area contributed by atoms with Gasteiger partial charge >= 0.3 is 0 Å². The van der Waals surface area contributed by atoms with Crippen LogP contribution in [0.15, 0.2) is 64.0 Å². The molecule has 0 N–H and O–H groups in total. The van der Waals surface area contributed by atoms with Crippen molar-refractivity contribution in [2.24, 2.45) is 0 Å². The van der Waals surface area contributed by atoms with Crippen LogP contribution in [0.5, 0.6) is 0 Å². The Morgan fingerprint density at radius 2 is 1.50 bits per heavy atom. The maximum absolute atomic E-state index is 13.7.